The second kappa shape index (κ2) is 9.55. The van der Waals surface area contributed by atoms with Crippen molar-refractivity contribution in [2.75, 3.05) is 6.61 Å². The Morgan fingerprint density at radius 2 is 2.00 bits per heavy atom. The van der Waals surface area contributed by atoms with Crippen LogP contribution < -0.4 is 0 Å². The molecule has 1 aromatic rings. The molecule has 0 unspecified atom stereocenters. The van der Waals surface area contributed by atoms with Crippen LogP contribution in [0.15, 0.2) is 34.2 Å². The third-order valence-corrected chi connectivity index (χ3v) is 8.53. The van der Waals surface area contributed by atoms with Crippen LogP contribution in [0.1, 0.15) is 50.7 Å². The molecule has 0 radical (unpaired) electrons. The molecule has 1 saturated carbocycles. The zero-order chi connectivity index (χ0) is 25.8. The number of fused-ring (bicyclic) bond motifs is 2. The predicted octanol–water partition coefficient (Wildman–Crippen LogP) is 0.660. The number of aliphatic hydroxyl groups excluding tert-OH is 4. The number of ether oxygens (including phenoxy) is 3. The summed E-state index contributed by atoms with van der Waals surface area (Å²) in [6.45, 7) is 1.30. The number of carbonyl (C=O) groups is 2. The molecule has 0 aromatic carbocycles. The number of carbonyl (C=O) groups excluding carboxylic acids is 1. The number of furan rings is 1. The van der Waals surface area contributed by atoms with Gasteiger partial charge in [-0.2, -0.15) is 0 Å². The van der Waals surface area contributed by atoms with E-state index in [1.54, 1.807) is 6.07 Å². The summed E-state index contributed by atoms with van der Waals surface area (Å²) in [6, 6.07) is 1.75. The molecular weight excluding hydrogens is 476 g/mol. The lowest BCUT2D eigenvalue weighted by Gasteiger charge is -2.51. The lowest BCUT2D eigenvalue weighted by atomic mass is 9.53. The first-order valence-corrected chi connectivity index (χ1v) is 12.3. The average Bonchev–Trinajstić information content (AvgIpc) is 3.51. The maximum Gasteiger partial charge on any atom is 0.331 e. The molecule has 0 amide bonds. The molecule has 2 saturated heterocycles. The largest absolute Gasteiger partial charge is 0.478 e. The molecule has 1 spiro atoms. The Kier molecular flexibility index (Phi) is 6.73. The predicted molar refractivity (Wildman–Crippen MR) is 119 cm³/mol. The molecule has 198 valence electrons. The van der Waals surface area contributed by atoms with Crippen LogP contribution in [0.4, 0.5) is 0 Å². The topological polar surface area (TPSA) is 176 Å². The molecule has 4 aliphatic rings. The Morgan fingerprint density at radius 3 is 2.67 bits per heavy atom. The number of carboxylic acid groups (broad SMARTS) is 1. The first-order valence-electron chi connectivity index (χ1n) is 12.3. The molecule has 0 bridgehead atoms. The van der Waals surface area contributed by atoms with Crippen molar-refractivity contribution in [1.82, 2.24) is 0 Å². The Morgan fingerprint density at radius 1 is 1.22 bits per heavy atom. The van der Waals surface area contributed by atoms with Crippen molar-refractivity contribution in [3.05, 3.63) is 35.3 Å². The number of cyclic esters (lactones) is 1. The highest BCUT2D eigenvalue weighted by Crippen LogP contribution is 2.61. The summed E-state index contributed by atoms with van der Waals surface area (Å²) in [7, 11) is 0. The second-order valence-corrected chi connectivity index (χ2v) is 10.3. The molecule has 3 heterocycles. The van der Waals surface area contributed by atoms with E-state index in [1.807, 2.05) is 6.92 Å². The van der Waals surface area contributed by atoms with Gasteiger partial charge in [0.1, 0.15) is 30.5 Å². The lowest BCUT2D eigenvalue weighted by Crippen LogP contribution is -2.60. The minimum Gasteiger partial charge on any atom is -0.478 e. The zero-order valence-corrected chi connectivity index (χ0v) is 19.9. The highest BCUT2D eigenvalue weighted by Gasteiger charge is 2.63. The number of aliphatic hydroxyl groups is 4. The molecule has 5 N–H and O–H groups in total. The van der Waals surface area contributed by atoms with Gasteiger partial charge in [-0.1, -0.05) is 6.92 Å². The zero-order valence-electron chi connectivity index (χ0n) is 19.9. The van der Waals surface area contributed by atoms with Crippen molar-refractivity contribution in [3.63, 3.8) is 0 Å². The van der Waals surface area contributed by atoms with Gasteiger partial charge in [0.2, 0.25) is 0 Å². The van der Waals surface area contributed by atoms with Crippen molar-refractivity contribution < 1.29 is 53.7 Å². The Bertz CT molecular complexity index is 1020. The van der Waals surface area contributed by atoms with Crippen LogP contribution in [0.2, 0.25) is 0 Å². The van der Waals surface area contributed by atoms with Crippen molar-refractivity contribution in [2.45, 2.75) is 81.9 Å². The van der Waals surface area contributed by atoms with E-state index in [-0.39, 0.29) is 23.9 Å². The Hall–Kier alpha value is -2.28. The van der Waals surface area contributed by atoms with Gasteiger partial charge in [-0.25, -0.2) is 4.79 Å². The molecule has 5 rings (SSSR count). The molecule has 2 aliphatic heterocycles. The van der Waals surface area contributed by atoms with Gasteiger partial charge < -0.3 is 44.2 Å². The molecule has 11 heteroatoms. The Balaban J connectivity index is 1.50. The fraction of sp³-hybridized carbons (Fsp3) is 0.680. The quantitative estimate of drug-likeness (QED) is 0.353. The van der Waals surface area contributed by atoms with Crippen LogP contribution in [0.5, 0.6) is 0 Å². The number of carboxylic acids is 1. The van der Waals surface area contributed by atoms with Crippen LogP contribution in [-0.2, 0) is 23.8 Å². The van der Waals surface area contributed by atoms with E-state index in [9.17, 15) is 35.1 Å². The highest BCUT2D eigenvalue weighted by atomic mass is 16.7. The van der Waals surface area contributed by atoms with Gasteiger partial charge in [0.15, 0.2) is 6.29 Å². The number of hydrogen-bond donors (Lipinski definition) is 5. The molecule has 2 aliphatic carbocycles. The van der Waals surface area contributed by atoms with E-state index >= 15 is 0 Å². The van der Waals surface area contributed by atoms with Gasteiger partial charge in [-0.15, -0.1) is 0 Å². The van der Waals surface area contributed by atoms with Gasteiger partial charge in [0.05, 0.1) is 30.7 Å². The average molecular weight is 509 g/mol. The fourth-order valence-corrected chi connectivity index (χ4v) is 6.65. The summed E-state index contributed by atoms with van der Waals surface area (Å²) in [5.41, 5.74) is 0.445. The van der Waals surface area contributed by atoms with E-state index in [4.69, 9.17) is 18.6 Å². The Labute approximate surface area is 207 Å². The summed E-state index contributed by atoms with van der Waals surface area (Å²) in [6.07, 6.45) is -3.53. The summed E-state index contributed by atoms with van der Waals surface area (Å²) in [5.74, 6) is -2.19. The van der Waals surface area contributed by atoms with E-state index in [0.717, 1.165) is 5.56 Å². The first kappa shape index (κ1) is 25.4. The van der Waals surface area contributed by atoms with E-state index < -0.39 is 66.8 Å². The summed E-state index contributed by atoms with van der Waals surface area (Å²) in [4.78, 5) is 25.8. The standard InChI is InChI=1S/C25H32O11/c1-11-7-15(34-23-21(29)20(28)19(27)17(9-26)35-23)18-13(22(30)31)3-2-4-14(18)25(11)8-16(36-24(25)32)12-5-6-33-10-12/h5-6,10-11,14-17,19-21,23,26-29H,2-4,7-9H2,1H3,(H,30,31)/t11-,14+,15-,16+,17+,19+,20-,21+,23+,25-/m1/s1. The smallest absolute Gasteiger partial charge is 0.331 e. The van der Waals surface area contributed by atoms with Crippen molar-refractivity contribution in [1.29, 1.82) is 0 Å². The van der Waals surface area contributed by atoms with Crippen LogP contribution in [-0.4, -0.2) is 80.9 Å². The number of rotatable bonds is 5. The molecule has 10 atom stereocenters. The van der Waals surface area contributed by atoms with Crippen molar-refractivity contribution in [2.24, 2.45) is 17.3 Å². The molecular formula is C25H32O11. The molecule has 1 aromatic heterocycles. The number of hydrogen-bond acceptors (Lipinski definition) is 10. The van der Waals surface area contributed by atoms with Gasteiger partial charge in [0, 0.05) is 17.6 Å². The van der Waals surface area contributed by atoms with Crippen LogP contribution >= 0.6 is 0 Å². The third kappa shape index (κ3) is 3.89. The second-order valence-electron chi connectivity index (χ2n) is 10.3. The summed E-state index contributed by atoms with van der Waals surface area (Å²) >= 11 is 0. The van der Waals surface area contributed by atoms with E-state index in [1.165, 1.54) is 12.5 Å². The molecule has 36 heavy (non-hydrogen) atoms. The molecule has 3 fully saturated rings. The van der Waals surface area contributed by atoms with Gasteiger partial charge in [0.25, 0.3) is 0 Å². The van der Waals surface area contributed by atoms with E-state index in [0.29, 0.717) is 31.3 Å². The monoisotopic (exact) mass is 508 g/mol. The first-order chi connectivity index (χ1) is 17.2. The van der Waals surface area contributed by atoms with Crippen LogP contribution in [0.25, 0.3) is 0 Å². The lowest BCUT2D eigenvalue weighted by molar-refractivity contribution is -0.311. The maximum atomic E-state index is 13.5. The van der Waals surface area contributed by atoms with Gasteiger partial charge in [-0.05, 0) is 49.2 Å². The van der Waals surface area contributed by atoms with Crippen LogP contribution in [0.3, 0.4) is 0 Å². The SMILES string of the molecule is C[C@@H]1C[C@@H](O[C@H]2O[C@@H](CO)[C@H](O)[C@@H](O)[C@@H]2O)C2=C(C(=O)O)CCC[C@@H]2[C@@]12C[C@@H](c1ccoc1)OC2=O. The summed E-state index contributed by atoms with van der Waals surface area (Å²) < 4.78 is 22.6. The maximum absolute atomic E-state index is 13.5. The number of esters is 1. The van der Waals surface area contributed by atoms with Crippen LogP contribution in [0, 0.1) is 17.3 Å². The van der Waals surface area contributed by atoms with Gasteiger partial charge >= 0.3 is 11.9 Å². The fourth-order valence-electron chi connectivity index (χ4n) is 6.65. The van der Waals surface area contributed by atoms with Gasteiger partial charge in [-0.3, -0.25) is 4.79 Å². The minimum absolute atomic E-state index is 0.173. The summed E-state index contributed by atoms with van der Waals surface area (Å²) in [5, 5.41) is 50.4. The van der Waals surface area contributed by atoms with Crippen molar-refractivity contribution in [3.8, 4) is 0 Å². The van der Waals surface area contributed by atoms with Crippen molar-refractivity contribution >= 4 is 11.9 Å². The minimum atomic E-state index is -1.62. The molecule has 11 nitrogen and oxygen atoms in total. The van der Waals surface area contributed by atoms with E-state index in [2.05, 4.69) is 0 Å². The third-order valence-electron chi connectivity index (χ3n) is 8.53. The number of aliphatic carboxylic acids is 1. The highest BCUT2D eigenvalue weighted by molar-refractivity contribution is 5.89. The normalized spacial score (nSPS) is 42.9.